The molecule has 2 rings (SSSR count). The zero-order valence-electron chi connectivity index (χ0n) is 13.0. The lowest BCUT2D eigenvalue weighted by Crippen LogP contribution is -2.42. The van der Waals surface area contributed by atoms with Crippen LogP contribution < -0.4 is 5.32 Å². The molecule has 1 aliphatic rings. The van der Waals surface area contributed by atoms with Gasteiger partial charge >= 0.3 is 5.97 Å². The number of rotatable bonds is 5. The summed E-state index contributed by atoms with van der Waals surface area (Å²) in [5, 5.41) is 4.65. The second-order valence-corrected chi connectivity index (χ2v) is 6.16. The molecule has 0 radical (unpaired) electrons. The van der Waals surface area contributed by atoms with Crippen LogP contribution in [-0.4, -0.2) is 49.4 Å². The van der Waals surface area contributed by atoms with Gasteiger partial charge in [-0.25, -0.2) is 4.79 Å². The van der Waals surface area contributed by atoms with E-state index in [2.05, 4.69) is 10.1 Å². The van der Waals surface area contributed by atoms with Gasteiger partial charge in [-0.3, -0.25) is 9.59 Å². The van der Waals surface area contributed by atoms with Gasteiger partial charge in [-0.1, -0.05) is 12.1 Å². The predicted octanol–water partition coefficient (Wildman–Crippen LogP) is 1.45. The molecule has 0 spiro atoms. The van der Waals surface area contributed by atoms with Crippen LogP contribution in [0.25, 0.3) is 0 Å². The monoisotopic (exact) mass is 336 g/mol. The van der Waals surface area contributed by atoms with E-state index in [1.54, 1.807) is 11.0 Å². The Morgan fingerprint density at radius 2 is 2.13 bits per heavy atom. The van der Waals surface area contributed by atoms with Crippen molar-refractivity contribution >= 4 is 29.1 Å². The summed E-state index contributed by atoms with van der Waals surface area (Å²) in [6, 6.07) is 3.68. The zero-order chi connectivity index (χ0) is 16.7. The summed E-state index contributed by atoms with van der Waals surface area (Å²) in [6.45, 7) is 1.47. The van der Waals surface area contributed by atoms with Crippen molar-refractivity contribution in [3.05, 3.63) is 34.5 Å². The van der Waals surface area contributed by atoms with Crippen LogP contribution in [0.3, 0.4) is 0 Å². The first kappa shape index (κ1) is 17.2. The lowest BCUT2D eigenvalue weighted by Gasteiger charge is -2.31. The number of nitrogens with zero attached hydrogens (tertiary/aromatic N) is 1. The van der Waals surface area contributed by atoms with E-state index in [0.29, 0.717) is 32.5 Å². The van der Waals surface area contributed by atoms with E-state index in [9.17, 15) is 14.4 Å². The molecule has 2 amide bonds. The maximum absolute atomic E-state index is 12.2. The molecule has 6 nitrogen and oxygen atoms in total. The molecule has 1 aliphatic heterocycles. The Labute approximate surface area is 139 Å². The van der Waals surface area contributed by atoms with Gasteiger partial charge in [-0.15, -0.1) is 11.3 Å². The number of esters is 1. The van der Waals surface area contributed by atoms with Gasteiger partial charge < -0.3 is 15.0 Å². The molecule has 23 heavy (non-hydrogen) atoms. The summed E-state index contributed by atoms with van der Waals surface area (Å²) in [6.07, 6.45) is 4.15. The number of nitrogens with one attached hydrogen (secondary N) is 1. The van der Waals surface area contributed by atoms with Gasteiger partial charge in [-0.2, -0.15) is 0 Å². The lowest BCUT2D eigenvalue weighted by molar-refractivity contribution is -0.135. The standard InChI is InChI=1S/C16H20N2O4S/c1-22-14(19)5-2-8-17-15(20)12-6-9-18(10-7-12)16(21)13-4-3-11-23-13/h2-5,11-12H,6-10H2,1H3,(H,17,20)/b5-2+. The molecular weight excluding hydrogens is 316 g/mol. The average molecular weight is 336 g/mol. The normalized spacial score (nSPS) is 15.6. The summed E-state index contributed by atoms with van der Waals surface area (Å²) in [4.78, 5) is 37.7. The Kier molecular flexibility index (Phi) is 6.34. The number of hydrogen-bond donors (Lipinski definition) is 1. The number of hydrogen-bond acceptors (Lipinski definition) is 5. The van der Waals surface area contributed by atoms with Gasteiger partial charge in [0.25, 0.3) is 5.91 Å². The minimum atomic E-state index is -0.445. The van der Waals surface area contributed by atoms with Crippen molar-refractivity contribution in [2.75, 3.05) is 26.7 Å². The van der Waals surface area contributed by atoms with Crippen molar-refractivity contribution < 1.29 is 19.1 Å². The number of carbonyl (C=O) groups excluding carboxylic acids is 3. The van der Waals surface area contributed by atoms with Crippen LogP contribution >= 0.6 is 11.3 Å². The summed E-state index contributed by atoms with van der Waals surface area (Å²) in [5.74, 6) is -0.531. The van der Waals surface area contributed by atoms with Crippen molar-refractivity contribution in [1.29, 1.82) is 0 Å². The second kappa shape index (κ2) is 8.47. The third-order valence-corrected chi connectivity index (χ3v) is 4.59. The van der Waals surface area contributed by atoms with Crippen molar-refractivity contribution in [2.24, 2.45) is 5.92 Å². The Morgan fingerprint density at radius 1 is 1.39 bits per heavy atom. The van der Waals surface area contributed by atoms with Crippen LogP contribution in [0.5, 0.6) is 0 Å². The molecule has 0 unspecified atom stereocenters. The largest absolute Gasteiger partial charge is 0.466 e. The molecule has 0 bridgehead atoms. The quantitative estimate of drug-likeness (QED) is 0.652. The number of amides is 2. The summed E-state index contributed by atoms with van der Waals surface area (Å²) in [7, 11) is 1.30. The molecule has 0 aromatic carbocycles. The molecule has 1 N–H and O–H groups in total. The SMILES string of the molecule is COC(=O)/C=C/CNC(=O)C1CCN(C(=O)c2cccs2)CC1. The van der Waals surface area contributed by atoms with Crippen molar-refractivity contribution in [1.82, 2.24) is 10.2 Å². The lowest BCUT2D eigenvalue weighted by atomic mass is 9.96. The molecular formula is C16H20N2O4S. The highest BCUT2D eigenvalue weighted by Crippen LogP contribution is 2.20. The van der Waals surface area contributed by atoms with Crippen LogP contribution in [0.2, 0.25) is 0 Å². The topological polar surface area (TPSA) is 75.7 Å². The smallest absolute Gasteiger partial charge is 0.330 e. The van der Waals surface area contributed by atoms with Crippen molar-refractivity contribution in [3.63, 3.8) is 0 Å². The fraction of sp³-hybridized carbons (Fsp3) is 0.438. The van der Waals surface area contributed by atoms with Gasteiger partial charge in [0, 0.05) is 31.6 Å². The first-order chi connectivity index (χ1) is 11.1. The first-order valence-corrected chi connectivity index (χ1v) is 8.34. The number of piperidine rings is 1. The number of methoxy groups -OCH3 is 1. The minimum absolute atomic E-state index is 0.0391. The number of carbonyl (C=O) groups is 3. The number of thiophene rings is 1. The summed E-state index contributed by atoms with van der Waals surface area (Å²) in [5.41, 5.74) is 0. The Balaban J connectivity index is 1.73. The fourth-order valence-corrected chi connectivity index (χ4v) is 3.12. The Morgan fingerprint density at radius 3 is 2.74 bits per heavy atom. The third-order valence-electron chi connectivity index (χ3n) is 3.73. The Bertz CT molecular complexity index is 575. The molecule has 7 heteroatoms. The van der Waals surface area contributed by atoms with E-state index >= 15 is 0 Å². The van der Waals surface area contributed by atoms with Gasteiger partial charge in [0.2, 0.25) is 5.91 Å². The summed E-state index contributed by atoms with van der Waals surface area (Å²) < 4.78 is 4.46. The van der Waals surface area contributed by atoms with E-state index in [1.165, 1.54) is 24.5 Å². The summed E-state index contributed by atoms with van der Waals surface area (Å²) >= 11 is 1.43. The molecule has 1 fully saturated rings. The van der Waals surface area contributed by atoms with E-state index in [4.69, 9.17) is 0 Å². The van der Waals surface area contributed by atoms with E-state index in [1.807, 2.05) is 17.5 Å². The molecule has 0 saturated carbocycles. The molecule has 0 atom stereocenters. The van der Waals surface area contributed by atoms with Gasteiger partial charge in [0.15, 0.2) is 0 Å². The van der Waals surface area contributed by atoms with E-state index in [-0.39, 0.29) is 17.7 Å². The third kappa shape index (κ3) is 4.92. The van der Waals surface area contributed by atoms with Crippen molar-refractivity contribution in [2.45, 2.75) is 12.8 Å². The highest BCUT2D eigenvalue weighted by atomic mass is 32.1. The molecule has 1 aromatic heterocycles. The van der Waals surface area contributed by atoms with Crippen LogP contribution in [-0.2, 0) is 14.3 Å². The number of ether oxygens (including phenoxy) is 1. The zero-order valence-corrected chi connectivity index (χ0v) is 13.8. The molecule has 2 heterocycles. The highest BCUT2D eigenvalue weighted by molar-refractivity contribution is 7.12. The minimum Gasteiger partial charge on any atom is -0.466 e. The van der Waals surface area contributed by atoms with Crippen LogP contribution in [0, 0.1) is 5.92 Å². The van der Waals surface area contributed by atoms with Crippen molar-refractivity contribution in [3.8, 4) is 0 Å². The Hall–Kier alpha value is -2.15. The average Bonchev–Trinajstić information content (AvgIpc) is 3.12. The first-order valence-electron chi connectivity index (χ1n) is 7.46. The van der Waals surface area contributed by atoms with E-state index in [0.717, 1.165) is 4.88 Å². The van der Waals surface area contributed by atoms with Crippen LogP contribution in [0.15, 0.2) is 29.7 Å². The number of likely N-dealkylation sites (tertiary alicyclic amines) is 1. The van der Waals surface area contributed by atoms with Crippen LogP contribution in [0.4, 0.5) is 0 Å². The van der Waals surface area contributed by atoms with Gasteiger partial charge in [0.1, 0.15) is 0 Å². The van der Waals surface area contributed by atoms with Crippen LogP contribution in [0.1, 0.15) is 22.5 Å². The maximum Gasteiger partial charge on any atom is 0.330 e. The highest BCUT2D eigenvalue weighted by Gasteiger charge is 2.27. The maximum atomic E-state index is 12.2. The van der Waals surface area contributed by atoms with E-state index < -0.39 is 5.97 Å². The molecule has 0 aliphatic carbocycles. The fourth-order valence-electron chi connectivity index (χ4n) is 2.43. The second-order valence-electron chi connectivity index (χ2n) is 5.21. The van der Waals surface area contributed by atoms with Gasteiger partial charge in [-0.05, 0) is 24.3 Å². The van der Waals surface area contributed by atoms with Gasteiger partial charge in [0.05, 0.1) is 12.0 Å². The molecule has 1 aromatic rings. The molecule has 124 valence electrons. The molecule has 1 saturated heterocycles. The predicted molar refractivity (Wildman–Crippen MR) is 87.1 cm³/mol.